The molecule has 2 heterocycles. The molecule has 4 nitrogen and oxygen atoms in total. The van der Waals surface area contributed by atoms with Crippen molar-refractivity contribution in [1.29, 1.82) is 0 Å². The Balaban J connectivity index is 1.90. The fourth-order valence-electron chi connectivity index (χ4n) is 2.74. The predicted octanol–water partition coefficient (Wildman–Crippen LogP) is 2.17. The van der Waals surface area contributed by atoms with E-state index in [0.717, 1.165) is 37.1 Å². The van der Waals surface area contributed by atoms with Gasteiger partial charge in [0.2, 0.25) is 0 Å². The zero-order valence-corrected chi connectivity index (χ0v) is 12.4. The second-order valence-electron chi connectivity index (χ2n) is 5.75. The van der Waals surface area contributed by atoms with Crippen LogP contribution in [0.5, 0.6) is 0 Å². The van der Waals surface area contributed by atoms with Crippen LogP contribution in [-0.2, 0) is 0 Å². The van der Waals surface area contributed by atoms with Crippen LogP contribution in [0.4, 0.5) is 0 Å². The first-order valence-corrected chi connectivity index (χ1v) is 7.13. The van der Waals surface area contributed by atoms with Gasteiger partial charge in [0.25, 0.3) is 5.91 Å². The average Bonchev–Trinajstić information content (AvgIpc) is 2.88. The number of nitrogens with zero attached hydrogens (tertiary/aromatic N) is 2. The van der Waals surface area contributed by atoms with Gasteiger partial charge in [-0.2, -0.15) is 0 Å². The summed E-state index contributed by atoms with van der Waals surface area (Å²) in [6.45, 7) is 7.70. The summed E-state index contributed by atoms with van der Waals surface area (Å²) < 4.78 is 0. The Morgan fingerprint density at radius 1 is 1.15 bits per heavy atom. The molecule has 3 rings (SSSR count). The summed E-state index contributed by atoms with van der Waals surface area (Å²) in [5.41, 5.74) is 4.26. The van der Waals surface area contributed by atoms with Crippen molar-refractivity contribution in [3.8, 4) is 0 Å². The van der Waals surface area contributed by atoms with E-state index in [2.05, 4.69) is 42.9 Å². The fraction of sp³-hybridized carbons (Fsp3) is 0.438. The normalized spacial score (nSPS) is 16.9. The van der Waals surface area contributed by atoms with Gasteiger partial charge in [-0.05, 0) is 38.1 Å². The van der Waals surface area contributed by atoms with Crippen LogP contribution in [0.2, 0.25) is 0 Å². The lowest BCUT2D eigenvalue weighted by Gasteiger charge is -2.32. The van der Waals surface area contributed by atoms with Crippen molar-refractivity contribution in [1.82, 2.24) is 14.8 Å². The molecule has 1 N–H and O–H groups in total. The van der Waals surface area contributed by atoms with Crippen LogP contribution in [0.15, 0.2) is 18.2 Å². The predicted molar refractivity (Wildman–Crippen MR) is 81.2 cm³/mol. The number of aromatic amines is 1. The van der Waals surface area contributed by atoms with E-state index < -0.39 is 0 Å². The van der Waals surface area contributed by atoms with Crippen LogP contribution < -0.4 is 0 Å². The molecule has 2 aromatic rings. The summed E-state index contributed by atoms with van der Waals surface area (Å²) in [5, 5.41) is 1.12. The Morgan fingerprint density at radius 3 is 2.55 bits per heavy atom. The summed E-state index contributed by atoms with van der Waals surface area (Å²) in [5.74, 6) is 0.117. The van der Waals surface area contributed by atoms with Crippen molar-refractivity contribution in [2.45, 2.75) is 13.8 Å². The zero-order chi connectivity index (χ0) is 14.3. The van der Waals surface area contributed by atoms with E-state index in [1.807, 2.05) is 11.0 Å². The van der Waals surface area contributed by atoms with Gasteiger partial charge >= 0.3 is 0 Å². The number of rotatable bonds is 1. The molecule has 0 aliphatic carbocycles. The van der Waals surface area contributed by atoms with Gasteiger partial charge in [0.15, 0.2) is 0 Å². The highest BCUT2D eigenvalue weighted by Crippen LogP contribution is 2.22. The number of benzene rings is 1. The molecule has 1 aromatic carbocycles. The van der Waals surface area contributed by atoms with Crippen LogP contribution in [0, 0.1) is 13.8 Å². The number of H-pyrrole nitrogens is 1. The van der Waals surface area contributed by atoms with Crippen molar-refractivity contribution in [2.75, 3.05) is 33.2 Å². The molecule has 1 saturated heterocycles. The van der Waals surface area contributed by atoms with Crippen LogP contribution >= 0.6 is 0 Å². The van der Waals surface area contributed by atoms with Crippen molar-refractivity contribution in [3.05, 3.63) is 35.0 Å². The van der Waals surface area contributed by atoms with Crippen molar-refractivity contribution in [2.24, 2.45) is 0 Å². The lowest BCUT2D eigenvalue weighted by Crippen LogP contribution is -2.47. The van der Waals surface area contributed by atoms with Crippen LogP contribution in [0.1, 0.15) is 21.6 Å². The third-order valence-corrected chi connectivity index (χ3v) is 4.35. The molecular formula is C16H21N3O. The molecule has 0 radical (unpaired) electrons. The molecule has 106 valence electrons. The summed E-state index contributed by atoms with van der Waals surface area (Å²) >= 11 is 0. The molecule has 20 heavy (non-hydrogen) atoms. The second kappa shape index (κ2) is 4.94. The zero-order valence-electron chi connectivity index (χ0n) is 12.4. The number of fused-ring (bicyclic) bond motifs is 1. The first kappa shape index (κ1) is 13.2. The Morgan fingerprint density at radius 2 is 1.85 bits per heavy atom. The molecule has 0 unspecified atom stereocenters. The number of nitrogens with one attached hydrogen (secondary N) is 1. The minimum atomic E-state index is 0.117. The van der Waals surface area contributed by atoms with Gasteiger partial charge in [-0.15, -0.1) is 0 Å². The SMILES string of the molecule is Cc1ccc2cc(C(=O)N3CCN(C)CC3)[nH]c2c1C. The Bertz CT molecular complexity index is 651. The third-order valence-electron chi connectivity index (χ3n) is 4.35. The Kier molecular flexibility index (Phi) is 3.26. The van der Waals surface area contributed by atoms with Crippen LogP contribution in [-0.4, -0.2) is 53.9 Å². The maximum Gasteiger partial charge on any atom is 0.270 e. The highest BCUT2D eigenvalue weighted by Gasteiger charge is 2.21. The van der Waals surface area contributed by atoms with Crippen molar-refractivity contribution < 1.29 is 4.79 Å². The maximum absolute atomic E-state index is 12.5. The van der Waals surface area contributed by atoms with Gasteiger partial charge in [-0.3, -0.25) is 4.79 Å². The van der Waals surface area contributed by atoms with Gasteiger partial charge < -0.3 is 14.8 Å². The molecule has 1 fully saturated rings. The molecule has 0 saturated carbocycles. The van der Waals surface area contributed by atoms with E-state index >= 15 is 0 Å². The number of likely N-dealkylation sites (N-methyl/N-ethyl adjacent to an activating group) is 1. The van der Waals surface area contributed by atoms with Crippen molar-refractivity contribution >= 4 is 16.8 Å². The highest BCUT2D eigenvalue weighted by molar-refractivity contribution is 5.99. The van der Waals surface area contributed by atoms with Crippen molar-refractivity contribution in [3.63, 3.8) is 0 Å². The number of aryl methyl sites for hydroxylation is 2. The standard InChI is InChI=1S/C16H21N3O/c1-11-4-5-13-10-14(17-15(13)12(11)2)16(20)19-8-6-18(3)7-9-19/h4-5,10,17H,6-9H2,1-3H3. The highest BCUT2D eigenvalue weighted by atomic mass is 16.2. The summed E-state index contributed by atoms with van der Waals surface area (Å²) in [7, 11) is 2.09. The molecule has 4 heteroatoms. The smallest absolute Gasteiger partial charge is 0.270 e. The number of hydrogen-bond donors (Lipinski definition) is 1. The lowest BCUT2D eigenvalue weighted by atomic mass is 10.1. The summed E-state index contributed by atoms with van der Waals surface area (Å²) in [6, 6.07) is 6.16. The van der Waals surface area contributed by atoms with Gasteiger partial charge in [-0.25, -0.2) is 0 Å². The minimum Gasteiger partial charge on any atom is -0.350 e. The van der Waals surface area contributed by atoms with E-state index in [1.165, 1.54) is 11.1 Å². The maximum atomic E-state index is 12.5. The Labute approximate surface area is 119 Å². The topological polar surface area (TPSA) is 39.3 Å². The molecule has 1 amide bonds. The van der Waals surface area contributed by atoms with E-state index in [1.54, 1.807) is 0 Å². The molecule has 1 aromatic heterocycles. The molecular weight excluding hydrogens is 250 g/mol. The molecule has 0 atom stereocenters. The van der Waals surface area contributed by atoms with E-state index in [4.69, 9.17) is 0 Å². The number of amides is 1. The van der Waals surface area contributed by atoms with Gasteiger partial charge in [0.1, 0.15) is 5.69 Å². The summed E-state index contributed by atoms with van der Waals surface area (Å²) in [6.07, 6.45) is 0. The number of carbonyl (C=O) groups is 1. The van der Waals surface area contributed by atoms with E-state index in [9.17, 15) is 4.79 Å². The fourth-order valence-corrected chi connectivity index (χ4v) is 2.74. The third kappa shape index (κ3) is 2.20. The number of aromatic nitrogens is 1. The van der Waals surface area contributed by atoms with Crippen LogP contribution in [0.3, 0.4) is 0 Å². The molecule has 0 spiro atoms. The van der Waals surface area contributed by atoms with Gasteiger partial charge in [0.05, 0.1) is 0 Å². The number of hydrogen-bond acceptors (Lipinski definition) is 2. The quantitative estimate of drug-likeness (QED) is 0.863. The van der Waals surface area contributed by atoms with E-state index in [0.29, 0.717) is 5.69 Å². The number of piperazine rings is 1. The van der Waals surface area contributed by atoms with Gasteiger partial charge in [0, 0.05) is 37.1 Å². The Hall–Kier alpha value is -1.81. The first-order chi connectivity index (χ1) is 9.56. The molecule has 1 aliphatic rings. The number of carbonyl (C=O) groups excluding carboxylic acids is 1. The largest absolute Gasteiger partial charge is 0.350 e. The molecule has 0 bridgehead atoms. The average molecular weight is 271 g/mol. The second-order valence-corrected chi connectivity index (χ2v) is 5.75. The minimum absolute atomic E-state index is 0.117. The van der Waals surface area contributed by atoms with Crippen LogP contribution in [0.25, 0.3) is 10.9 Å². The summed E-state index contributed by atoms with van der Waals surface area (Å²) in [4.78, 5) is 20.0. The molecule has 1 aliphatic heterocycles. The first-order valence-electron chi connectivity index (χ1n) is 7.13. The lowest BCUT2D eigenvalue weighted by molar-refractivity contribution is 0.0659. The van der Waals surface area contributed by atoms with Gasteiger partial charge in [-0.1, -0.05) is 12.1 Å². The monoisotopic (exact) mass is 271 g/mol. The van der Waals surface area contributed by atoms with E-state index in [-0.39, 0.29) is 5.91 Å².